The highest BCUT2D eigenvalue weighted by Crippen LogP contribution is 2.32. The van der Waals surface area contributed by atoms with Gasteiger partial charge in [0, 0.05) is 12.1 Å². The Morgan fingerprint density at radius 2 is 2.07 bits per heavy atom. The maximum absolute atomic E-state index is 11.0. The van der Waals surface area contributed by atoms with Gasteiger partial charge in [0.2, 0.25) is 0 Å². The van der Waals surface area contributed by atoms with Gasteiger partial charge in [-0.3, -0.25) is 4.68 Å². The van der Waals surface area contributed by atoms with Gasteiger partial charge in [-0.2, -0.15) is 5.10 Å². The van der Waals surface area contributed by atoms with Crippen molar-refractivity contribution < 1.29 is 9.90 Å². The van der Waals surface area contributed by atoms with Crippen molar-refractivity contribution in [1.82, 2.24) is 9.78 Å². The molecule has 0 radical (unpaired) electrons. The second-order valence-corrected chi connectivity index (χ2v) is 4.74. The number of aryl methyl sites for hydroxylation is 1. The van der Waals surface area contributed by atoms with Gasteiger partial charge < -0.3 is 5.11 Å². The molecular weight excluding hydrogens is 216 g/mol. The monoisotopic (exact) mass is 230 g/mol. The second-order valence-electron chi connectivity index (χ2n) is 4.39. The summed E-state index contributed by atoms with van der Waals surface area (Å²) in [5, 5.41) is 13.4. The average molecular weight is 231 g/mol. The first-order valence-corrected chi connectivity index (χ1v) is 5.17. The van der Waals surface area contributed by atoms with Crippen molar-refractivity contribution in [3.63, 3.8) is 0 Å². The molecule has 5 heteroatoms. The van der Waals surface area contributed by atoms with Gasteiger partial charge >= 0.3 is 5.97 Å². The van der Waals surface area contributed by atoms with E-state index in [2.05, 4.69) is 5.10 Å². The van der Waals surface area contributed by atoms with Crippen LogP contribution in [0, 0.1) is 0 Å². The number of aromatic carboxylic acids is 1. The lowest BCUT2D eigenvalue weighted by Crippen LogP contribution is -2.16. The molecule has 1 rings (SSSR count). The first-order valence-electron chi connectivity index (χ1n) is 4.79. The van der Waals surface area contributed by atoms with E-state index >= 15 is 0 Å². The Labute approximate surface area is 93.9 Å². The summed E-state index contributed by atoms with van der Waals surface area (Å²) in [6, 6.07) is 0. The third-order valence-corrected chi connectivity index (χ3v) is 2.53. The Bertz CT molecular complexity index is 391. The first-order chi connectivity index (χ1) is 6.79. The van der Waals surface area contributed by atoms with Gasteiger partial charge in [-0.05, 0) is 12.3 Å². The smallest absolute Gasteiger partial charge is 0.356 e. The fourth-order valence-corrected chi connectivity index (χ4v) is 2.00. The van der Waals surface area contributed by atoms with Crippen molar-refractivity contribution in [3.8, 4) is 0 Å². The van der Waals surface area contributed by atoms with Crippen molar-refractivity contribution in [3.05, 3.63) is 16.4 Å². The fourth-order valence-electron chi connectivity index (χ4n) is 1.47. The normalized spacial score (nSPS) is 11.8. The van der Waals surface area contributed by atoms with E-state index in [0.717, 1.165) is 0 Å². The number of carboxylic acid groups (broad SMARTS) is 1. The molecule has 0 amide bonds. The average Bonchev–Trinajstić information content (AvgIpc) is 2.41. The Kier molecular flexibility index (Phi) is 3.09. The molecule has 0 spiro atoms. The van der Waals surface area contributed by atoms with Gasteiger partial charge in [0.15, 0.2) is 5.69 Å². The lowest BCUT2D eigenvalue weighted by atomic mass is 9.87. The van der Waals surface area contributed by atoms with Crippen LogP contribution < -0.4 is 0 Å². The van der Waals surface area contributed by atoms with Crippen molar-refractivity contribution >= 4 is 17.6 Å². The van der Waals surface area contributed by atoms with Gasteiger partial charge in [0.1, 0.15) is 5.15 Å². The van der Waals surface area contributed by atoms with E-state index in [1.807, 2.05) is 27.7 Å². The topological polar surface area (TPSA) is 55.1 Å². The highest BCUT2D eigenvalue weighted by molar-refractivity contribution is 6.31. The summed E-state index contributed by atoms with van der Waals surface area (Å²) >= 11 is 6.10. The van der Waals surface area contributed by atoms with Crippen LogP contribution in [0.15, 0.2) is 0 Å². The summed E-state index contributed by atoms with van der Waals surface area (Å²) in [4.78, 5) is 11.0. The predicted molar refractivity (Wildman–Crippen MR) is 58.6 cm³/mol. The van der Waals surface area contributed by atoms with Crippen LogP contribution in [0.25, 0.3) is 0 Å². The summed E-state index contributed by atoms with van der Waals surface area (Å²) in [7, 11) is 0. The van der Waals surface area contributed by atoms with Crippen molar-refractivity contribution in [2.45, 2.75) is 39.7 Å². The van der Waals surface area contributed by atoms with Gasteiger partial charge in [-0.25, -0.2) is 4.79 Å². The van der Waals surface area contributed by atoms with Crippen LogP contribution in [0.1, 0.15) is 43.7 Å². The van der Waals surface area contributed by atoms with Gasteiger partial charge in [-0.1, -0.05) is 32.4 Å². The van der Waals surface area contributed by atoms with Crippen LogP contribution >= 0.6 is 11.6 Å². The SMILES string of the molecule is CCn1nc(C(=O)O)c(C(C)(C)C)c1Cl. The molecule has 0 saturated heterocycles. The number of carbonyl (C=O) groups is 1. The number of rotatable bonds is 2. The molecule has 4 nitrogen and oxygen atoms in total. The van der Waals surface area contributed by atoms with Crippen LogP contribution in [0.2, 0.25) is 5.15 Å². The molecule has 15 heavy (non-hydrogen) atoms. The third kappa shape index (κ3) is 2.15. The Morgan fingerprint density at radius 1 is 1.53 bits per heavy atom. The van der Waals surface area contributed by atoms with Crippen molar-refractivity contribution in [2.24, 2.45) is 0 Å². The van der Waals surface area contributed by atoms with Crippen LogP contribution in [-0.2, 0) is 12.0 Å². The highest BCUT2D eigenvalue weighted by Gasteiger charge is 2.29. The lowest BCUT2D eigenvalue weighted by molar-refractivity contribution is 0.0687. The zero-order valence-corrected chi connectivity index (χ0v) is 10.1. The molecule has 1 N–H and O–H groups in total. The molecule has 0 saturated carbocycles. The van der Waals surface area contributed by atoms with Crippen LogP contribution in [0.3, 0.4) is 0 Å². The summed E-state index contributed by atoms with van der Waals surface area (Å²) < 4.78 is 1.51. The van der Waals surface area contributed by atoms with Crippen LogP contribution in [0.5, 0.6) is 0 Å². The summed E-state index contributed by atoms with van der Waals surface area (Å²) in [5.41, 5.74) is 0.325. The molecule has 1 aromatic rings. The second kappa shape index (κ2) is 3.85. The quantitative estimate of drug-likeness (QED) is 0.850. The zero-order valence-electron chi connectivity index (χ0n) is 9.33. The van der Waals surface area contributed by atoms with Gasteiger partial charge in [-0.15, -0.1) is 0 Å². The molecule has 1 aromatic heterocycles. The van der Waals surface area contributed by atoms with E-state index in [9.17, 15) is 4.79 Å². The molecule has 0 fully saturated rings. The molecular formula is C10H15ClN2O2. The number of halogens is 1. The van der Waals surface area contributed by atoms with E-state index in [4.69, 9.17) is 16.7 Å². The predicted octanol–water partition coefficient (Wildman–Crippen LogP) is 2.55. The number of nitrogens with zero attached hydrogens (tertiary/aromatic N) is 2. The lowest BCUT2D eigenvalue weighted by Gasteiger charge is -2.18. The van der Waals surface area contributed by atoms with E-state index in [-0.39, 0.29) is 11.1 Å². The van der Waals surface area contributed by atoms with Crippen molar-refractivity contribution in [2.75, 3.05) is 0 Å². The maximum atomic E-state index is 11.0. The molecule has 0 aliphatic carbocycles. The number of hydrogen-bond donors (Lipinski definition) is 1. The molecule has 1 heterocycles. The van der Waals surface area contributed by atoms with E-state index < -0.39 is 5.97 Å². The summed E-state index contributed by atoms with van der Waals surface area (Å²) in [6.07, 6.45) is 0. The van der Waals surface area contributed by atoms with Crippen molar-refractivity contribution in [1.29, 1.82) is 0 Å². The minimum atomic E-state index is -1.03. The van der Waals surface area contributed by atoms with Gasteiger partial charge in [0.05, 0.1) is 0 Å². The highest BCUT2D eigenvalue weighted by atomic mass is 35.5. The molecule has 0 atom stereocenters. The maximum Gasteiger partial charge on any atom is 0.356 e. The fraction of sp³-hybridized carbons (Fsp3) is 0.600. The standard InChI is InChI=1S/C10H15ClN2O2/c1-5-13-8(11)6(10(2,3)4)7(12-13)9(14)15/h5H2,1-4H3,(H,14,15). The summed E-state index contributed by atoms with van der Waals surface area (Å²) in [5.74, 6) is -1.03. The molecule has 0 bridgehead atoms. The Hall–Kier alpha value is -1.03. The summed E-state index contributed by atoms with van der Waals surface area (Å²) in [6.45, 7) is 8.19. The van der Waals surface area contributed by atoms with E-state index in [1.54, 1.807) is 0 Å². The molecule has 0 aromatic carbocycles. The minimum absolute atomic E-state index is 0.0503. The largest absolute Gasteiger partial charge is 0.476 e. The molecule has 0 unspecified atom stereocenters. The van der Waals surface area contributed by atoms with Gasteiger partial charge in [0.25, 0.3) is 0 Å². The van der Waals surface area contributed by atoms with E-state index in [0.29, 0.717) is 17.3 Å². The Morgan fingerprint density at radius 3 is 2.33 bits per heavy atom. The third-order valence-electron chi connectivity index (χ3n) is 2.14. The van der Waals surface area contributed by atoms with Crippen LogP contribution in [0.4, 0.5) is 0 Å². The molecule has 0 aliphatic rings. The Balaban J connectivity index is 3.46. The first kappa shape index (κ1) is 12.0. The number of carboxylic acids is 1. The minimum Gasteiger partial charge on any atom is -0.476 e. The number of hydrogen-bond acceptors (Lipinski definition) is 2. The van der Waals surface area contributed by atoms with E-state index in [1.165, 1.54) is 4.68 Å². The molecule has 84 valence electrons. The van der Waals surface area contributed by atoms with Crippen LogP contribution in [-0.4, -0.2) is 20.9 Å². The number of aromatic nitrogens is 2. The molecule has 0 aliphatic heterocycles. The zero-order chi connectivity index (χ0) is 11.8.